The Bertz CT molecular complexity index is 792. The zero-order valence-corrected chi connectivity index (χ0v) is 14.8. The van der Waals surface area contributed by atoms with Crippen LogP contribution in [0.3, 0.4) is 0 Å². The van der Waals surface area contributed by atoms with Crippen LogP contribution in [-0.2, 0) is 13.0 Å². The highest BCUT2D eigenvalue weighted by atomic mass is 16.5. The van der Waals surface area contributed by atoms with Crippen molar-refractivity contribution in [2.24, 2.45) is 0 Å². The molecule has 0 radical (unpaired) electrons. The third-order valence-corrected chi connectivity index (χ3v) is 4.61. The van der Waals surface area contributed by atoms with Crippen molar-refractivity contribution < 1.29 is 4.74 Å². The van der Waals surface area contributed by atoms with E-state index in [0.29, 0.717) is 6.61 Å². The Morgan fingerprint density at radius 3 is 2.62 bits per heavy atom. The Morgan fingerprint density at radius 2 is 1.88 bits per heavy atom. The number of aromatic amines is 1. The van der Waals surface area contributed by atoms with E-state index in [-0.39, 0.29) is 0 Å². The van der Waals surface area contributed by atoms with Gasteiger partial charge in [-0.3, -0.25) is 0 Å². The third kappa shape index (κ3) is 3.62. The number of hydrogen-bond donors (Lipinski definition) is 1. The number of benzene rings is 2. The number of hydrogen-bond acceptors (Lipinski definition) is 2. The van der Waals surface area contributed by atoms with Crippen molar-refractivity contribution in [3.8, 4) is 5.75 Å². The molecule has 1 heterocycles. The number of rotatable bonds is 7. The summed E-state index contributed by atoms with van der Waals surface area (Å²) in [5.41, 5.74) is 4.86. The lowest BCUT2D eigenvalue weighted by Gasteiger charge is -2.15. The smallest absolute Gasteiger partial charge is 0.132 e. The zero-order valence-electron chi connectivity index (χ0n) is 14.8. The molecular formula is C21H26N2O. The number of ether oxygens (including phenoxy) is 1. The summed E-state index contributed by atoms with van der Waals surface area (Å²) in [4.78, 5) is 5.73. The van der Waals surface area contributed by atoms with E-state index in [1.807, 2.05) is 6.07 Å². The number of nitrogens with one attached hydrogen (secondary N) is 1. The van der Waals surface area contributed by atoms with Gasteiger partial charge in [0.05, 0.1) is 0 Å². The first-order valence-electron chi connectivity index (χ1n) is 8.64. The van der Waals surface area contributed by atoms with Crippen LogP contribution in [0.4, 0.5) is 0 Å². The van der Waals surface area contributed by atoms with Crippen LogP contribution in [0.5, 0.6) is 5.75 Å². The van der Waals surface area contributed by atoms with Gasteiger partial charge in [0.25, 0.3) is 0 Å². The van der Waals surface area contributed by atoms with Crippen LogP contribution in [0.25, 0.3) is 10.9 Å². The molecule has 0 saturated carbocycles. The summed E-state index contributed by atoms with van der Waals surface area (Å²) >= 11 is 0. The van der Waals surface area contributed by atoms with Crippen LogP contribution in [0.1, 0.15) is 23.6 Å². The van der Waals surface area contributed by atoms with Crippen LogP contribution in [0, 0.1) is 6.92 Å². The van der Waals surface area contributed by atoms with E-state index in [1.54, 1.807) is 0 Å². The number of nitrogens with zero attached hydrogens (tertiary/aromatic N) is 1. The van der Waals surface area contributed by atoms with Crippen molar-refractivity contribution in [2.45, 2.75) is 26.9 Å². The van der Waals surface area contributed by atoms with Crippen molar-refractivity contribution in [2.75, 3.05) is 20.1 Å². The summed E-state index contributed by atoms with van der Waals surface area (Å²) in [6, 6.07) is 14.6. The molecule has 24 heavy (non-hydrogen) atoms. The maximum Gasteiger partial charge on any atom is 0.132 e. The Labute approximate surface area is 144 Å². The van der Waals surface area contributed by atoms with Gasteiger partial charge in [0.15, 0.2) is 0 Å². The Morgan fingerprint density at radius 1 is 1.08 bits per heavy atom. The average Bonchev–Trinajstić information content (AvgIpc) is 3.03. The van der Waals surface area contributed by atoms with Crippen LogP contribution < -0.4 is 4.74 Å². The molecular weight excluding hydrogens is 296 g/mol. The van der Waals surface area contributed by atoms with E-state index >= 15 is 0 Å². The van der Waals surface area contributed by atoms with Gasteiger partial charge >= 0.3 is 0 Å². The Balaban J connectivity index is 1.87. The first-order chi connectivity index (χ1) is 11.7. The van der Waals surface area contributed by atoms with Gasteiger partial charge in [0.2, 0.25) is 0 Å². The molecule has 3 heteroatoms. The Hall–Kier alpha value is -2.26. The van der Waals surface area contributed by atoms with Crippen molar-refractivity contribution in [1.82, 2.24) is 9.88 Å². The SMILES string of the molecule is CCN(C)CCc1c[nH]c2ccc(C)c(OCc3ccccc3)c12. The molecule has 1 aromatic heterocycles. The van der Waals surface area contributed by atoms with Gasteiger partial charge in [-0.2, -0.15) is 0 Å². The highest BCUT2D eigenvalue weighted by Gasteiger charge is 2.13. The highest BCUT2D eigenvalue weighted by Crippen LogP contribution is 2.33. The van der Waals surface area contributed by atoms with E-state index in [2.05, 4.69) is 73.4 Å². The molecule has 126 valence electrons. The predicted octanol–water partition coefficient (Wildman–Crippen LogP) is 4.55. The summed E-state index contributed by atoms with van der Waals surface area (Å²) in [5, 5.41) is 1.23. The maximum absolute atomic E-state index is 6.23. The minimum atomic E-state index is 0.597. The van der Waals surface area contributed by atoms with Crippen molar-refractivity contribution >= 4 is 10.9 Å². The minimum absolute atomic E-state index is 0.597. The van der Waals surface area contributed by atoms with Gasteiger partial charge in [0, 0.05) is 23.6 Å². The number of aryl methyl sites for hydroxylation is 1. The number of fused-ring (bicyclic) bond motifs is 1. The first kappa shape index (κ1) is 16.6. The molecule has 2 aromatic carbocycles. The van der Waals surface area contributed by atoms with Gasteiger partial charge < -0.3 is 14.6 Å². The monoisotopic (exact) mass is 322 g/mol. The van der Waals surface area contributed by atoms with Gasteiger partial charge in [-0.15, -0.1) is 0 Å². The van der Waals surface area contributed by atoms with Crippen molar-refractivity contribution in [3.63, 3.8) is 0 Å². The standard InChI is InChI=1S/C21H26N2O/c1-4-23(3)13-12-18-14-22-19-11-10-16(2)21(20(18)19)24-15-17-8-6-5-7-9-17/h5-11,14,22H,4,12-13,15H2,1-3H3. The van der Waals surface area contributed by atoms with Gasteiger partial charge in [-0.1, -0.05) is 43.3 Å². The third-order valence-electron chi connectivity index (χ3n) is 4.61. The second-order valence-electron chi connectivity index (χ2n) is 6.37. The second kappa shape index (κ2) is 7.54. The van der Waals surface area contributed by atoms with Crippen LogP contribution in [0.15, 0.2) is 48.7 Å². The van der Waals surface area contributed by atoms with E-state index in [1.165, 1.54) is 22.1 Å². The van der Waals surface area contributed by atoms with Crippen molar-refractivity contribution in [1.29, 1.82) is 0 Å². The van der Waals surface area contributed by atoms with E-state index < -0.39 is 0 Å². The molecule has 0 saturated heterocycles. The molecule has 0 unspecified atom stereocenters. The molecule has 0 aliphatic heterocycles. The summed E-state index contributed by atoms with van der Waals surface area (Å²) in [7, 11) is 2.16. The summed E-state index contributed by atoms with van der Waals surface area (Å²) in [5.74, 6) is 1.01. The fraction of sp³-hybridized carbons (Fsp3) is 0.333. The van der Waals surface area contributed by atoms with Gasteiger partial charge in [-0.05, 0) is 49.7 Å². The van der Waals surface area contributed by atoms with Crippen LogP contribution >= 0.6 is 0 Å². The topological polar surface area (TPSA) is 28.3 Å². The molecule has 0 fully saturated rings. The molecule has 0 spiro atoms. The molecule has 0 atom stereocenters. The van der Waals surface area contributed by atoms with E-state index in [9.17, 15) is 0 Å². The molecule has 0 amide bonds. The molecule has 3 rings (SSSR count). The molecule has 0 bridgehead atoms. The molecule has 3 aromatic rings. The lowest BCUT2D eigenvalue weighted by molar-refractivity contribution is 0.307. The lowest BCUT2D eigenvalue weighted by atomic mass is 10.1. The van der Waals surface area contributed by atoms with Gasteiger partial charge in [-0.25, -0.2) is 0 Å². The average molecular weight is 322 g/mol. The van der Waals surface area contributed by atoms with E-state index in [0.717, 1.165) is 30.8 Å². The molecule has 0 aliphatic rings. The van der Waals surface area contributed by atoms with Gasteiger partial charge in [0.1, 0.15) is 12.4 Å². The summed E-state index contributed by atoms with van der Waals surface area (Å²) < 4.78 is 6.23. The first-order valence-corrected chi connectivity index (χ1v) is 8.64. The number of likely N-dealkylation sites (N-methyl/N-ethyl adjacent to an activating group) is 1. The lowest BCUT2D eigenvalue weighted by Crippen LogP contribution is -2.20. The molecule has 1 N–H and O–H groups in total. The van der Waals surface area contributed by atoms with Crippen molar-refractivity contribution in [3.05, 3.63) is 65.4 Å². The Kier molecular flexibility index (Phi) is 5.21. The van der Waals surface area contributed by atoms with Crippen LogP contribution in [0.2, 0.25) is 0 Å². The maximum atomic E-state index is 6.23. The normalized spacial score (nSPS) is 11.3. The number of H-pyrrole nitrogens is 1. The van der Waals surface area contributed by atoms with Crippen LogP contribution in [-0.4, -0.2) is 30.0 Å². The fourth-order valence-corrected chi connectivity index (χ4v) is 2.95. The molecule has 0 aliphatic carbocycles. The highest BCUT2D eigenvalue weighted by molar-refractivity contribution is 5.90. The number of aromatic nitrogens is 1. The van der Waals surface area contributed by atoms with E-state index in [4.69, 9.17) is 4.74 Å². The predicted molar refractivity (Wildman–Crippen MR) is 101 cm³/mol. The quantitative estimate of drug-likeness (QED) is 0.691. The second-order valence-corrected chi connectivity index (χ2v) is 6.37. The summed E-state index contributed by atoms with van der Waals surface area (Å²) in [6.45, 7) is 7.02. The summed E-state index contributed by atoms with van der Waals surface area (Å²) in [6.07, 6.45) is 3.15. The minimum Gasteiger partial charge on any atom is -0.488 e. The zero-order chi connectivity index (χ0) is 16.9. The largest absolute Gasteiger partial charge is 0.488 e. The fourth-order valence-electron chi connectivity index (χ4n) is 2.95. The molecule has 3 nitrogen and oxygen atoms in total.